The Labute approximate surface area is 602 Å². The molecular formula is C89H70O16. The molecule has 0 amide bonds. The lowest BCUT2D eigenvalue weighted by molar-refractivity contribution is 0.0130. The highest BCUT2D eigenvalue weighted by Crippen LogP contribution is 2.40. The minimum absolute atomic E-state index is 0.0424. The molecule has 522 valence electrons. The third-order valence-corrected chi connectivity index (χ3v) is 18.9. The van der Waals surface area contributed by atoms with E-state index in [4.69, 9.17) is 37.9 Å². The van der Waals surface area contributed by atoms with Crippen LogP contribution in [0.15, 0.2) is 261 Å². The van der Waals surface area contributed by atoms with Crippen molar-refractivity contribution in [3.05, 3.63) is 294 Å². The molecule has 0 aliphatic rings. The summed E-state index contributed by atoms with van der Waals surface area (Å²) in [5.74, 6) is -0.180. The van der Waals surface area contributed by atoms with Crippen LogP contribution in [0.5, 0.6) is 28.7 Å². The fourth-order valence-electron chi connectivity index (χ4n) is 13.8. The molecule has 4 unspecified atom stereocenters. The Morgan fingerprint density at radius 1 is 0.276 bits per heavy atom. The Morgan fingerprint density at radius 2 is 0.543 bits per heavy atom. The number of hydrogen-bond donors (Lipinski definition) is 4. The van der Waals surface area contributed by atoms with Crippen molar-refractivity contribution in [2.24, 2.45) is 0 Å². The van der Waals surface area contributed by atoms with Crippen LogP contribution in [-0.4, -0.2) is 122 Å². The topological polar surface area (TPSA) is 223 Å². The van der Waals surface area contributed by atoms with Gasteiger partial charge in [-0.15, -0.1) is 0 Å². The zero-order valence-electron chi connectivity index (χ0n) is 56.8. The minimum atomic E-state index is -1.32. The third-order valence-electron chi connectivity index (χ3n) is 18.9. The van der Waals surface area contributed by atoms with Gasteiger partial charge in [0, 0.05) is 17.5 Å². The predicted octanol–water partition coefficient (Wildman–Crippen LogP) is 16.1. The Kier molecular flexibility index (Phi) is 19.9. The van der Waals surface area contributed by atoms with Gasteiger partial charge >= 0.3 is 17.9 Å². The average molecular weight is 1400 g/mol. The normalized spacial score (nSPS) is 12.7. The molecule has 0 radical (unpaired) electrons. The minimum Gasteiger partial charge on any atom is -0.491 e. The van der Waals surface area contributed by atoms with E-state index in [0.717, 1.165) is 76.3 Å². The van der Waals surface area contributed by atoms with E-state index in [1.165, 1.54) is 0 Å². The molecule has 0 saturated heterocycles. The molecule has 4 N–H and O–H groups in total. The van der Waals surface area contributed by atoms with Crippen LogP contribution in [-0.2, 0) is 20.6 Å². The van der Waals surface area contributed by atoms with Crippen LogP contribution < -0.4 is 23.7 Å². The number of rotatable bonds is 27. The maximum absolute atomic E-state index is 14.2. The first kappa shape index (κ1) is 68.3. The van der Waals surface area contributed by atoms with Crippen molar-refractivity contribution in [1.29, 1.82) is 0 Å². The van der Waals surface area contributed by atoms with Crippen LogP contribution in [0.2, 0.25) is 0 Å². The SMILES string of the molecule is O=Cc1c(OCC(O)COc2ccc3ccc(OCC(O)COC(=O)c4c5ccccc5cc5ccccc45)cc3c2Cc2c(OCC(O)COC(=O)c3c4ccccc4cc4ccccc34)ccc3ccc(OCC(O)COC(=O)c4c5ccccc5cc5ccccc45)cc23)ccc2ccccc12. The summed E-state index contributed by atoms with van der Waals surface area (Å²) < 4.78 is 49.5. The molecule has 15 aromatic rings. The molecule has 0 fully saturated rings. The summed E-state index contributed by atoms with van der Waals surface area (Å²) in [4.78, 5) is 54.6. The number of aldehydes is 1. The Balaban J connectivity index is 0.730. The first-order chi connectivity index (χ1) is 51.4. The van der Waals surface area contributed by atoms with Crippen molar-refractivity contribution in [3.8, 4) is 28.7 Å². The van der Waals surface area contributed by atoms with Crippen LogP contribution in [0.1, 0.15) is 52.6 Å². The molecule has 16 nitrogen and oxygen atoms in total. The number of aliphatic hydroxyl groups is 4. The Bertz CT molecular complexity index is 5660. The third kappa shape index (κ3) is 14.7. The number of benzene rings is 15. The van der Waals surface area contributed by atoms with Gasteiger partial charge in [-0.2, -0.15) is 0 Å². The number of esters is 3. The van der Waals surface area contributed by atoms with Crippen molar-refractivity contribution < 1.29 is 77.5 Å². The first-order valence-corrected chi connectivity index (χ1v) is 34.6. The number of hydrogen-bond acceptors (Lipinski definition) is 16. The number of ether oxygens (including phenoxy) is 8. The van der Waals surface area contributed by atoms with Crippen LogP contribution in [0.3, 0.4) is 0 Å². The van der Waals surface area contributed by atoms with Gasteiger partial charge in [0.1, 0.15) is 106 Å². The van der Waals surface area contributed by atoms with Gasteiger partial charge in [-0.3, -0.25) is 4.79 Å². The van der Waals surface area contributed by atoms with Crippen molar-refractivity contribution in [1.82, 2.24) is 0 Å². The van der Waals surface area contributed by atoms with Gasteiger partial charge in [-0.1, -0.05) is 200 Å². The van der Waals surface area contributed by atoms with Gasteiger partial charge < -0.3 is 58.3 Å². The molecule has 0 bridgehead atoms. The highest BCUT2D eigenvalue weighted by Gasteiger charge is 2.25. The number of carbonyl (C=O) groups excluding carboxylic acids is 4. The number of carbonyl (C=O) groups is 4. The summed E-state index contributed by atoms with van der Waals surface area (Å²) in [7, 11) is 0. The molecule has 15 aromatic carbocycles. The summed E-state index contributed by atoms with van der Waals surface area (Å²) in [6, 6.07) is 80.4. The Hall–Kier alpha value is -12.4. The van der Waals surface area contributed by atoms with E-state index in [9.17, 15) is 39.6 Å². The second-order valence-electron chi connectivity index (χ2n) is 25.9. The smallest absolute Gasteiger partial charge is 0.339 e. The first-order valence-electron chi connectivity index (χ1n) is 34.6. The van der Waals surface area contributed by atoms with E-state index in [1.54, 1.807) is 42.5 Å². The van der Waals surface area contributed by atoms with Crippen LogP contribution in [0.4, 0.5) is 0 Å². The van der Waals surface area contributed by atoms with Gasteiger partial charge in [0.05, 0.1) is 22.3 Å². The fourth-order valence-corrected chi connectivity index (χ4v) is 13.8. The zero-order chi connectivity index (χ0) is 71.9. The van der Waals surface area contributed by atoms with Crippen molar-refractivity contribution in [3.63, 3.8) is 0 Å². The van der Waals surface area contributed by atoms with Gasteiger partial charge in [0.15, 0.2) is 6.29 Å². The molecule has 105 heavy (non-hydrogen) atoms. The molecule has 0 spiro atoms. The molecule has 16 heteroatoms. The largest absolute Gasteiger partial charge is 0.491 e. The maximum atomic E-state index is 14.2. The molecule has 0 aliphatic heterocycles. The van der Waals surface area contributed by atoms with E-state index < -0.39 is 48.9 Å². The van der Waals surface area contributed by atoms with E-state index in [2.05, 4.69) is 0 Å². The van der Waals surface area contributed by atoms with Gasteiger partial charge in [-0.05, 0) is 158 Å². The van der Waals surface area contributed by atoms with E-state index in [1.807, 2.05) is 218 Å². The lowest BCUT2D eigenvalue weighted by atomic mass is 9.93. The van der Waals surface area contributed by atoms with Crippen LogP contribution in [0.25, 0.3) is 97.0 Å². The monoisotopic (exact) mass is 1390 g/mol. The lowest BCUT2D eigenvalue weighted by Crippen LogP contribution is -2.26. The quantitative estimate of drug-likeness (QED) is 0.0163. The van der Waals surface area contributed by atoms with Gasteiger partial charge in [-0.25, -0.2) is 14.4 Å². The standard InChI is InChI=1S/C89H70O16/c90-45-80-69-22-8-1-15-54(69)31-38-83(80)102-49-65(93)48-100-81-36-32-55-29-34-67(98-46-63(91)51-103-87(95)84-70-23-9-2-16-57(70)39-58-17-3-10-24-71(58)84)42-76(55)78(81)44-79-77-43-68(99-47-64(92)52-104-88(96)85-72-25-11-4-18-59(72)40-60-19-5-12-26-73(60)85)35-30-56(77)33-37-82(79)101-50-66(94)53-105-89(97)86-74-27-13-6-20-61(74)41-62-21-7-14-28-75(62)86/h1-43,45,63-66,91-94H,44,46-53H2. The highest BCUT2D eigenvalue weighted by atomic mass is 16.6. The summed E-state index contributed by atoms with van der Waals surface area (Å²) in [5, 5.41) is 60.0. The van der Waals surface area contributed by atoms with Crippen molar-refractivity contribution >= 4 is 121 Å². The van der Waals surface area contributed by atoms with Crippen LogP contribution in [0, 0.1) is 0 Å². The van der Waals surface area contributed by atoms with Crippen molar-refractivity contribution in [2.45, 2.75) is 30.8 Å². The van der Waals surface area contributed by atoms with E-state index in [-0.39, 0.29) is 52.7 Å². The van der Waals surface area contributed by atoms with Gasteiger partial charge in [0.2, 0.25) is 0 Å². The summed E-state index contributed by atoms with van der Waals surface area (Å²) in [6.07, 6.45) is -4.27. The van der Waals surface area contributed by atoms with Gasteiger partial charge in [0.25, 0.3) is 0 Å². The molecular weight excluding hydrogens is 1320 g/mol. The summed E-state index contributed by atoms with van der Waals surface area (Å²) in [5.41, 5.74) is 2.65. The zero-order valence-corrected chi connectivity index (χ0v) is 56.8. The summed E-state index contributed by atoms with van der Waals surface area (Å²) in [6.45, 7) is -2.56. The lowest BCUT2D eigenvalue weighted by Gasteiger charge is -2.21. The highest BCUT2D eigenvalue weighted by molar-refractivity contribution is 6.19. The van der Waals surface area contributed by atoms with E-state index >= 15 is 0 Å². The molecule has 15 rings (SSSR count). The fraction of sp³-hybridized carbons (Fsp3) is 0.146. The predicted molar refractivity (Wildman–Crippen MR) is 407 cm³/mol. The Morgan fingerprint density at radius 3 is 0.886 bits per heavy atom. The molecule has 0 saturated carbocycles. The maximum Gasteiger partial charge on any atom is 0.339 e. The molecule has 0 aliphatic carbocycles. The van der Waals surface area contributed by atoms with Crippen LogP contribution >= 0.6 is 0 Å². The second kappa shape index (κ2) is 30.6. The summed E-state index contributed by atoms with van der Waals surface area (Å²) >= 11 is 0. The van der Waals surface area contributed by atoms with Crippen molar-refractivity contribution in [2.75, 3.05) is 52.9 Å². The van der Waals surface area contributed by atoms with E-state index in [0.29, 0.717) is 89.1 Å². The molecule has 4 atom stereocenters. The molecule has 0 aromatic heterocycles. The second-order valence-corrected chi connectivity index (χ2v) is 25.9. The number of fused-ring (bicyclic) bond motifs is 9. The molecule has 0 heterocycles. The number of aliphatic hydroxyl groups excluding tert-OH is 4. The average Bonchev–Trinajstić information content (AvgIpc) is 0.720.